The number of nitrogens with zero attached hydrogens (tertiary/aromatic N) is 4. The van der Waals surface area contributed by atoms with Crippen LogP contribution in [0.25, 0.3) is 55.0 Å². The Bertz CT molecular complexity index is 3080. The summed E-state index contributed by atoms with van der Waals surface area (Å²) < 4.78 is 4.77. The summed E-state index contributed by atoms with van der Waals surface area (Å²) in [5.41, 5.74) is 15.8. The van der Waals surface area contributed by atoms with E-state index in [0.717, 1.165) is 28.4 Å². The molecule has 2 aliphatic rings. The van der Waals surface area contributed by atoms with Crippen molar-refractivity contribution in [3.63, 3.8) is 0 Å². The Morgan fingerprint density at radius 2 is 0.820 bits per heavy atom. The Morgan fingerprint density at radius 1 is 0.410 bits per heavy atom. The lowest BCUT2D eigenvalue weighted by molar-refractivity contribution is 0.730. The van der Waals surface area contributed by atoms with Gasteiger partial charge in [0, 0.05) is 67.3 Å². The summed E-state index contributed by atoms with van der Waals surface area (Å²) >= 11 is 0. The Labute approximate surface area is 356 Å². The van der Waals surface area contributed by atoms with Crippen LogP contribution in [0.2, 0.25) is 0 Å². The number of para-hydroxylation sites is 4. The summed E-state index contributed by atoms with van der Waals surface area (Å²) in [7, 11) is 0. The highest BCUT2D eigenvalue weighted by Crippen LogP contribution is 2.51. The van der Waals surface area contributed by atoms with E-state index in [2.05, 4.69) is 245 Å². The van der Waals surface area contributed by atoms with Gasteiger partial charge in [-0.1, -0.05) is 123 Å². The summed E-state index contributed by atoms with van der Waals surface area (Å²) in [6.45, 7) is 4.62. The predicted molar refractivity (Wildman–Crippen MR) is 257 cm³/mol. The van der Waals surface area contributed by atoms with Gasteiger partial charge in [0.05, 0.1) is 28.1 Å². The minimum Gasteiger partial charge on any atom is -0.333 e. The van der Waals surface area contributed by atoms with Crippen LogP contribution >= 0.6 is 0 Å². The number of rotatable bonds is 7. The van der Waals surface area contributed by atoms with Crippen molar-refractivity contribution in [3.05, 3.63) is 223 Å². The molecule has 3 heterocycles. The lowest BCUT2D eigenvalue weighted by Crippen LogP contribution is -2.28. The Hall–Kier alpha value is -7.56. The van der Waals surface area contributed by atoms with E-state index in [4.69, 9.17) is 0 Å². The fourth-order valence-corrected chi connectivity index (χ4v) is 10.3. The monoisotopic (exact) mass is 784 g/mol. The minimum absolute atomic E-state index is 0.239. The van der Waals surface area contributed by atoms with Crippen LogP contribution in [0, 0.1) is 0 Å². The van der Waals surface area contributed by atoms with Crippen LogP contribution in [-0.4, -0.2) is 15.2 Å². The first-order valence-electron chi connectivity index (χ1n) is 21.5. The maximum absolute atomic E-state index is 2.54. The average molecular weight is 785 g/mol. The molecule has 1 aliphatic heterocycles. The summed E-state index contributed by atoms with van der Waals surface area (Å²) in [5, 5.41) is 5.05. The molecule has 0 saturated heterocycles. The molecule has 61 heavy (non-hydrogen) atoms. The number of aromatic nitrogens is 2. The molecule has 1 aliphatic carbocycles. The Morgan fingerprint density at radius 3 is 1.26 bits per heavy atom. The largest absolute Gasteiger partial charge is 0.333 e. The van der Waals surface area contributed by atoms with Crippen molar-refractivity contribution < 1.29 is 0 Å². The highest BCUT2D eigenvalue weighted by molar-refractivity contribution is 6.10. The third-order valence-electron chi connectivity index (χ3n) is 13.0. The zero-order valence-electron chi connectivity index (χ0n) is 34.2. The first kappa shape index (κ1) is 35.4. The van der Waals surface area contributed by atoms with E-state index < -0.39 is 0 Å². The van der Waals surface area contributed by atoms with Crippen molar-refractivity contribution in [1.82, 2.24) is 9.13 Å². The van der Waals surface area contributed by atoms with Crippen LogP contribution in [0.1, 0.15) is 36.8 Å². The van der Waals surface area contributed by atoms with Crippen molar-refractivity contribution >= 4 is 72.0 Å². The van der Waals surface area contributed by atoms with Gasteiger partial charge < -0.3 is 18.9 Å². The van der Waals surface area contributed by atoms with Crippen molar-refractivity contribution in [1.29, 1.82) is 0 Å². The first-order chi connectivity index (χ1) is 30.1. The van der Waals surface area contributed by atoms with E-state index in [1.165, 1.54) is 66.1 Å². The minimum atomic E-state index is 0.239. The molecule has 0 fully saturated rings. The molecular weight excluding hydrogens is 741 g/mol. The molecule has 12 rings (SSSR count). The zero-order valence-corrected chi connectivity index (χ0v) is 34.2. The van der Waals surface area contributed by atoms with Gasteiger partial charge in [-0.05, 0) is 120 Å². The fourth-order valence-electron chi connectivity index (χ4n) is 10.3. The molecule has 4 nitrogen and oxygen atoms in total. The molecular formula is C57H44N4. The normalized spacial score (nSPS) is 15.7. The van der Waals surface area contributed by atoms with Gasteiger partial charge in [-0.2, -0.15) is 0 Å². The van der Waals surface area contributed by atoms with Gasteiger partial charge in [0.25, 0.3) is 0 Å². The van der Waals surface area contributed by atoms with E-state index >= 15 is 0 Å². The smallest absolute Gasteiger partial charge is 0.0629 e. The van der Waals surface area contributed by atoms with Crippen molar-refractivity contribution in [2.24, 2.45) is 0 Å². The molecule has 0 bridgehead atoms. The van der Waals surface area contributed by atoms with Crippen molar-refractivity contribution in [3.8, 4) is 11.4 Å². The summed E-state index contributed by atoms with van der Waals surface area (Å²) in [5.74, 6) is 0.782. The molecule has 0 radical (unpaired) electrons. The SMILES string of the molecule is CC(C)c1cccc2c1C1C=CC=CC1N2c1ccc(N(c2ccc(-n3c4ccccc4c4ccccc43)cc2)c2ccc(-n3c4ccccc4c4ccccc43)cc2)cc1. The summed E-state index contributed by atoms with van der Waals surface area (Å²) in [4.78, 5) is 4.93. The van der Waals surface area contributed by atoms with Gasteiger partial charge in [-0.25, -0.2) is 0 Å². The molecule has 0 spiro atoms. The van der Waals surface area contributed by atoms with Gasteiger partial charge in [0.1, 0.15) is 0 Å². The Balaban J connectivity index is 0.973. The van der Waals surface area contributed by atoms with Gasteiger partial charge in [-0.15, -0.1) is 0 Å². The van der Waals surface area contributed by atoms with E-state index in [0.29, 0.717) is 11.8 Å². The zero-order chi connectivity index (χ0) is 40.6. The first-order valence-corrected chi connectivity index (χ1v) is 21.5. The molecule has 2 unspecified atom stereocenters. The lowest BCUT2D eigenvalue weighted by Gasteiger charge is -2.30. The van der Waals surface area contributed by atoms with Gasteiger partial charge in [-0.3, -0.25) is 0 Å². The van der Waals surface area contributed by atoms with Crippen LogP contribution in [0.15, 0.2) is 212 Å². The van der Waals surface area contributed by atoms with Gasteiger partial charge >= 0.3 is 0 Å². The quantitative estimate of drug-likeness (QED) is 0.160. The predicted octanol–water partition coefficient (Wildman–Crippen LogP) is 15.2. The van der Waals surface area contributed by atoms with E-state index in [-0.39, 0.29) is 6.04 Å². The van der Waals surface area contributed by atoms with Crippen molar-refractivity contribution in [2.45, 2.75) is 31.7 Å². The molecule has 292 valence electrons. The molecule has 0 amide bonds. The average Bonchev–Trinajstić information content (AvgIpc) is 3.96. The molecule has 0 saturated carbocycles. The third-order valence-corrected chi connectivity index (χ3v) is 13.0. The summed E-state index contributed by atoms with van der Waals surface area (Å²) in [6, 6.07) is 69.2. The van der Waals surface area contributed by atoms with Crippen LogP contribution in [0.4, 0.5) is 28.4 Å². The number of allylic oxidation sites excluding steroid dienone is 2. The molecule has 4 heteroatoms. The molecule has 10 aromatic rings. The molecule has 2 atom stereocenters. The Kier molecular flexibility index (Phi) is 8.14. The van der Waals surface area contributed by atoms with Crippen LogP contribution in [0.3, 0.4) is 0 Å². The number of fused-ring (bicyclic) bond motifs is 9. The fraction of sp³-hybridized carbons (Fsp3) is 0.0877. The van der Waals surface area contributed by atoms with Gasteiger partial charge in [0.15, 0.2) is 0 Å². The maximum Gasteiger partial charge on any atom is 0.0629 e. The molecule has 0 N–H and O–H groups in total. The lowest BCUT2D eigenvalue weighted by atomic mass is 9.85. The van der Waals surface area contributed by atoms with Crippen LogP contribution < -0.4 is 9.80 Å². The third kappa shape index (κ3) is 5.52. The number of hydrogen-bond donors (Lipinski definition) is 0. The topological polar surface area (TPSA) is 16.3 Å². The van der Waals surface area contributed by atoms with E-state index in [1.807, 2.05) is 0 Å². The van der Waals surface area contributed by atoms with Crippen molar-refractivity contribution in [2.75, 3.05) is 9.80 Å². The van der Waals surface area contributed by atoms with Gasteiger partial charge in [0.2, 0.25) is 0 Å². The van der Waals surface area contributed by atoms with Crippen LogP contribution in [0.5, 0.6) is 0 Å². The number of benzene rings is 8. The second-order valence-electron chi connectivity index (χ2n) is 16.7. The van der Waals surface area contributed by atoms with E-state index in [9.17, 15) is 0 Å². The second kappa shape index (κ2) is 14.0. The second-order valence-corrected chi connectivity index (χ2v) is 16.7. The van der Waals surface area contributed by atoms with Crippen LogP contribution in [-0.2, 0) is 0 Å². The highest BCUT2D eigenvalue weighted by Gasteiger charge is 2.39. The van der Waals surface area contributed by atoms with E-state index in [1.54, 1.807) is 0 Å². The summed E-state index contributed by atoms with van der Waals surface area (Å²) in [6.07, 6.45) is 9.17. The number of anilines is 5. The molecule has 2 aromatic heterocycles. The highest BCUT2D eigenvalue weighted by atomic mass is 15.2. The number of hydrogen-bond acceptors (Lipinski definition) is 2. The molecule has 8 aromatic carbocycles. The standard InChI is InChI=1S/C57H44N4/c1-38(2)45-19-13-25-56-57(45)50-18-7-12-24-55(50)61(56)44-36-30-41(31-37-44)58(39-26-32-42(33-27-39)59-51-20-8-3-14-46(51)47-15-4-9-21-52(47)59)40-28-34-43(35-29-40)60-53-22-10-5-16-48(53)49-17-6-11-23-54(49)60/h3-38,50,55H,1-2H3. The maximum atomic E-state index is 2.54.